The summed E-state index contributed by atoms with van der Waals surface area (Å²) < 4.78 is 0. The summed E-state index contributed by atoms with van der Waals surface area (Å²) in [5, 5.41) is 0. The predicted octanol–water partition coefficient (Wildman–Crippen LogP) is -2.01. The third-order valence-electron chi connectivity index (χ3n) is 2.23. The third kappa shape index (κ3) is 1.39. The summed E-state index contributed by atoms with van der Waals surface area (Å²) in [6.45, 7) is 0. The van der Waals surface area contributed by atoms with E-state index in [0.717, 1.165) is 0 Å². The van der Waals surface area contributed by atoms with Crippen LogP contribution in [0.25, 0.3) is 0 Å². The van der Waals surface area contributed by atoms with E-state index in [-0.39, 0.29) is 23.7 Å². The largest absolute Gasteiger partial charge is 0.294 e. The first-order chi connectivity index (χ1) is 5.70. The summed E-state index contributed by atoms with van der Waals surface area (Å²) in [6.07, 6.45) is 1.39. The van der Waals surface area contributed by atoms with Crippen molar-refractivity contribution in [3.63, 3.8) is 0 Å². The highest BCUT2D eigenvalue weighted by Gasteiger charge is 2.40. The van der Waals surface area contributed by atoms with Gasteiger partial charge in [0.05, 0.1) is 11.8 Å². The lowest BCUT2D eigenvalue weighted by Gasteiger charge is -2.32. The second-order valence-corrected chi connectivity index (χ2v) is 2.81. The van der Waals surface area contributed by atoms with Gasteiger partial charge >= 0.3 is 0 Å². The van der Waals surface area contributed by atoms with Gasteiger partial charge in [-0.15, -0.1) is 0 Å². The third-order valence-corrected chi connectivity index (χ3v) is 2.23. The molecule has 1 aliphatic rings. The van der Waals surface area contributed by atoms with Crippen molar-refractivity contribution < 1.29 is 9.59 Å². The highest BCUT2D eigenvalue weighted by molar-refractivity contribution is 5.88. The Morgan fingerprint density at radius 1 is 1.00 bits per heavy atom. The highest BCUT2D eigenvalue weighted by atomic mass is 16.2. The lowest BCUT2D eigenvalue weighted by atomic mass is 9.73. The Morgan fingerprint density at radius 2 is 1.33 bits per heavy atom. The molecular weight excluding hydrogens is 160 g/mol. The van der Waals surface area contributed by atoms with Crippen molar-refractivity contribution in [1.82, 2.24) is 10.9 Å². The molecule has 1 aliphatic carbocycles. The van der Waals surface area contributed by atoms with Gasteiger partial charge in [0.2, 0.25) is 11.8 Å². The number of hydrogen-bond acceptors (Lipinski definition) is 4. The quantitative estimate of drug-likeness (QED) is 0.219. The van der Waals surface area contributed by atoms with Gasteiger partial charge in [-0.1, -0.05) is 0 Å². The smallest absolute Gasteiger partial charge is 0.237 e. The fourth-order valence-electron chi connectivity index (χ4n) is 1.34. The van der Waals surface area contributed by atoms with Crippen molar-refractivity contribution in [3.05, 3.63) is 0 Å². The van der Waals surface area contributed by atoms with E-state index in [1.54, 1.807) is 0 Å². The fraction of sp³-hybridized carbons (Fsp3) is 0.667. The fourth-order valence-corrected chi connectivity index (χ4v) is 1.34. The van der Waals surface area contributed by atoms with E-state index in [4.69, 9.17) is 11.7 Å². The summed E-state index contributed by atoms with van der Waals surface area (Å²) in [5.41, 5.74) is 4.03. The van der Waals surface area contributed by atoms with Crippen LogP contribution in [0.4, 0.5) is 0 Å². The van der Waals surface area contributed by atoms with Gasteiger partial charge in [-0.05, 0) is 12.8 Å². The van der Waals surface area contributed by atoms with Crippen molar-refractivity contribution in [2.75, 3.05) is 0 Å². The molecule has 6 heteroatoms. The molecule has 0 saturated heterocycles. The van der Waals surface area contributed by atoms with Gasteiger partial charge in [0.25, 0.3) is 0 Å². The van der Waals surface area contributed by atoms with E-state index < -0.39 is 0 Å². The summed E-state index contributed by atoms with van der Waals surface area (Å²) in [4.78, 5) is 21.9. The van der Waals surface area contributed by atoms with E-state index in [1.807, 2.05) is 10.9 Å². The monoisotopic (exact) mass is 172 g/mol. The maximum absolute atomic E-state index is 11.0. The average molecular weight is 172 g/mol. The molecule has 1 saturated carbocycles. The molecule has 0 aromatic rings. The number of carbonyl (C=O) groups is 2. The maximum atomic E-state index is 11.0. The van der Waals surface area contributed by atoms with Gasteiger partial charge in [0, 0.05) is 0 Å². The number of amides is 2. The number of rotatable bonds is 2. The zero-order valence-corrected chi connectivity index (χ0v) is 6.54. The molecule has 0 unspecified atom stereocenters. The van der Waals surface area contributed by atoms with Crippen molar-refractivity contribution in [1.29, 1.82) is 0 Å². The summed E-state index contributed by atoms with van der Waals surface area (Å²) in [7, 11) is 0. The summed E-state index contributed by atoms with van der Waals surface area (Å²) >= 11 is 0. The van der Waals surface area contributed by atoms with Crippen LogP contribution >= 0.6 is 0 Å². The number of nitrogens with one attached hydrogen (secondary N) is 2. The van der Waals surface area contributed by atoms with Crippen LogP contribution in [0.1, 0.15) is 12.8 Å². The number of nitrogens with two attached hydrogens (primary N) is 2. The van der Waals surface area contributed by atoms with Gasteiger partial charge in [0.15, 0.2) is 0 Å². The van der Waals surface area contributed by atoms with E-state index in [1.165, 1.54) is 0 Å². The second-order valence-electron chi connectivity index (χ2n) is 2.81. The molecule has 0 spiro atoms. The van der Waals surface area contributed by atoms with Crippen LogP contribution in [0, 0.1) is 11.8 Å². The topological polar surface area (TPSA) is 110 Å². The first-order valence-electron chi connectivity index (χ1n) is 3.71. The predicted molar refractivity (Wildman–Crippen MR) is 40.9 cm³/mol. The lowest BCUT2D eigenvalue weighted by molar-refractivity contribution is -0.140. The molecule has 0 aromatic carbocycles. The minimum atomic E-state index is -0.307. The van der Waals surface area contributed by atoms with E-state index in [0.29, 0.717) is 12.8 Å². The molecule has 12 heavy (non-hydrogen) atoms. The SMILES string of the molecule is NNC(=O)[C@H]1CC[C@H]1C(=O)NN. The number of hydrogen-bond donors (Lipinski definition) is 4. The van der Waals surface area contributed by atoms with Crippen LogP contribution in [0.3, 0.4) is 0 Å². The Hall–Kier alpha value is -1.14. The first-order valence-corrected chi connectivity index (χ1v) is 3.71. The molecule has 0 aromatic heterocycles. The van der Waals surface area contributed by atoms with E-state index in [9.17, 15) is 9.59 Å². The van der Waals surface area contributed by atoms with Crippen LogP contribution in [0.15, 0.2) is 0 Å². The Kier molecular flexibility index (Phi) is 2.61. The van der Waals surface area contributed by atoms with Crippen LogP contribution in [-0.2, 0) is 9.59 Å². The Bertz CT molecular complexity index is 184. The Labute approximate surface area is 69.6 Å². The number of carbonyl (C=O) groups excluding carboxylic acids is 2. The second kappa shape index (κ2) is 3.51. The number of hydrazine groups is 2. The van der Waals surface area contributed by atoms with Crippen LogP contribution in [-0.4, -0.2) is 11.8 Å². The van der Waals surface area contributed by atoms with E-state index in [2.05, 4.69) is 0 Å². The van der Waals surface area contributed by atoms with E-state index >= 15 is 0 Å². The van der Waals surface area contributed by atoms with Crippen molar-refractivity contribution in [3.8, 4) is 0 Å². The van der Waals surface area contributed by atoms with Gasteiger partial charge < -0.3 is 0 Å². The van der Waals surface area contributed by atoms with Crippen molar-refractivity contribution in [2.24, 2.45) is 23.5 Å². The van der Waals surface area contributed by atoms with Gasteiger partial charge in [-0.3, -0.25) is 20.4 Å². The van der Waals surface area contributed by atoms with Gasteiger partial charge in [0.1, 0.15) is 0 Å². The summed E-state index contributed by atoms with van der Waals surface area (Å²) in [5.74, 6) is 8.64. The first kappa shape index (κ1) is 8.95. The normalized spacial score (nSPS) is 27.2. The molecular formula is C6H12N4O2. The van der Waals surface area contributed by atoms with Crippen LogP contribution < -0.4 is 22.5 Å². The van der Waals surface area contributed by atoms with Crippen molar-refractivity contribution in [2.45, 2.75) is 12.8 Å². The van der Waals surface area contributed by atoms with Crippen LogP contribution in [0.5, 0.6) is 0 Å². The maximum Gasteiger partial charge on any atom is 0.237 e. The summed E-state index contributed by atoms with van der Waals surface area (Å²) in [6, 6.07) is 0. The molecule has 0 bridgehead atoms. The zero-order valence-electron chi connectivity index (χ0n) is 6.54. The molecule has 2 atom stereocenters. The molecule has 1 rings (SSSR count). The highest BCUT2D eigenvalue weighted by Crippen LogP contribution is 2.34. The Balaban J connectivity index is 2.49. The molecule has 1 fully saturated rings. The molecule has 68 valence electrons. The zero-order chi connectivity index (χ0) is 9.14. The van der Waals surface area contributed by atoms with Gasteiger partial charge in [-0.25, -0.2) is 11.7 Å². The molecule has 6 N–H and O–H groups in total. The molecule has 2 amide bonds. The Morgan fingerprint density at radius 3 is 1.50 bits per heavy atom. The average Bonchev–Trinajstić information content (AvgIpc) is 2.02. The minimum Gasteiger partial charge on any atom is -0.294 e. The molecule has 0 heterocycles. The van der Waals surface area contributed by atoms with Crippen LogP contribution in [0.2, 0.25) is 0 Å². The molecule has 6 nitrogen and oxygen atoms in total. The standard InChI is InChI=1S/C6H12N4O2/c7-9-5(11)3-1-2-4(3)6(12)10-8/h3-4H,1-2,7-8H2,(H,9,11)(H,10,12)/t3-,4+. The lowest BCUT2D eigenvalue weighted by Crippen LogP contribution is -2.50. The molecule has 0 radical (unpaired) electrons. The van der Waals surface area contributed by atoms with Crippen molar-refractivity contribution >= 4 is 11.8 Å². The molecule has 0 aliphatic heterocycles. The van der Waals surface area contributed by atoms with Gasteiger partial charge in [-0.2, -0.15) is 0 Å². The minimum absolute atomic E-state index is 0.296.